The van der Waals surface area contributed by atoms with Crippen molar-refractivity contribution >= 4 is 22.8 Å². The van der Waals surface area contributed by atoms with Crippen molar-refractivity contribution in [2.24, 2.45) is 0 Å². The first-order chi connectivity index (χ1) is 11.5. The molecular weight excluding hydrogens is 308 g/mol. The van der Waals surface area contributed by atoms with E-state index < -0.39 is 0 Å². The number of nitrogens with zero attached hydrogens (tertiary/aromatic N) is 1. The summed E-state index contributed by atoms with van der Waals surface area (Å²) in [7, 11) is 0. The molecule has 2 heterocycles. The first-order valence-corrected chi connectivity index (χ1v) is 7.61. The summed E-state index contributed by atoms with van der Waals surface area (Å²) in [6, 6.07) is 8.92. The van der Waals surface area contributed by atoms with Crippen LogP contribution in [0.3, 0.4) is 0 Å². The van der Waals surface area contributed by atoms with Crippen LogP contribution in [0.4, 0.5) is 0 Å². The molecule has 2 amide bonds. The van der Waals surface area contributed by atoms with E-state index in [2.05, 4.69) is 20.6 Å². The van der Waals surface area contributed by atoms with Gasteiger partial charge in [-0.2, -0.15) is 0 Å². The van der Waals surface area contributed by atoms with Crippen molar-refractivity contribution < 1.29 is 14.0 Å². The summed E-state index contributed by atoms with van der Waals surface area (Å²) in [6.07, 6.45) is 1.44. The Bertz CT molecular complexity index is 848. The number of nitrogens with one attached hydrogen (secondary N) is 3. The quantitative estimate of drug-likeness (QED) is 0.668. The summed E-state index contributed by atoms with van der Waals surface area (Å²) in [6.45, 7) is 3.41. The minimum absolute atomic E-state index is 0.117. The fraction of sp³-hybridized carbons (Fsp3) is 0.235. The Labute approximate surface area is 138 Å². The van der Waals surface area contributed by atoms with E-state index in [1.807, 2.05) is 31.2 Å². The van der Waals surface area contributed by atoms with Crippen LogP contribution >= 0.6 is 0 Å². The van der Waals surface area contributed by atoms with Gasteiger partial charge in [0.05, 0.1) is 35.4 Å². The fourth-order valence-electron chi connectivity index (χ4n) is 2.41. The van der Waals surface area contributed by atoms with Crippen LogP contribution in [-0.2, 0) is 4.79 Å². The van der Waals surface area contributed by atoms with E-state index in [-0.39, 0.29) is 24.4 Å². The van der Waals surface area contributed by atoms with Gasteiger partial charge in [0.15, 0.2) is 0 Å². The number of imidazole rings is 1. The molecule has 0 aliphatic heterocycles. The predicted molar refractivity (Wildman–Crippen MR) is 88.4 cm³/mol. The van der Waals surface area contributed by atoms with E-state index in [0.29, 0.717) is 17.1 Å². The Morgan fingerprint density at radius 2 is 2.08 bits per heavy atom. The SMILES string of the molecule is Cc1occc1C(=O)NCC(=O)NC(C)c1nc2ccccc2[nH]1. The lowest BCUT2D eigenvalue weighted by Gasteiger charge is -2.11. The van der Waals surface area contributed by atoms with Gasteiger partial charge in [-0.15, -0.1) is 0 Å². The zero-order valence-electron chi connectivity index (χ0n) is 13.4. The molecule has 0 bridgehead atoms. The first kappa shape index (κ1) is 15.8. The van der Waals surface area contributed by atoms with Gasteiger partial charge in [-0.25, -0.2) is 4.98 Å². The number of aryl methyl sites for hydroxylation is 1. The molecule has 124 valence electrons. The molecule has 0 saturated heterocycles. The highest BCUT2D eigenvalue weighted by molar-refractivity contribution is 5.97. The molecule has 7 nitrogen and oxygen atoms in total. The lowest BCUT2D eigenvalue weighted by molar-refractivity contribution is -0.120. The van der Waals surface area contributed by atoms with Gasteiger partial charge in [-0.05, 0) is 32.0 Å². The number of benzene rings is 1. The Kier molecular flexibility index (Phi) is 4.33. The average molecular weight is 326 g/mol. The Hall–Kier alpha value is -3.09. The van der Waals surface area contributed by atoms with Crippen molar-refractivity contribution in [3.63, 3.8) is 0 Å². The van der Waals surface area contributed by atoms with Gasteiger partial charge >= 0.3 is 0 Å². The van der Waals surface area contributed by atoms with Gasteiger partial charge in [-0.3, -0.25) is 9.59 Å². The number of hydrogen-bond donors (Lipinski definition) is 3. The van der Waals surface area contributed by atoms with E-state index in [9.17, 15) is 9.59 Å². The van der Waals surface area contributed by atoms with E-state index in [4.69, 9.17) is 4.42 Å². The van der Waals surface area contributed by atoms with E-state index in [1.165, 1.54) is 6.26 Å². The maximum Gasteiger partial charge on any atom is 0.255 e. The summed E-state index contributed by atoms with van der Waals surface area (Å²) in [4.78, 5) is 31.6. The number of hydrogen-bond acceptors (Lipinski definition) is 4. The Balaban J connectivity index is 1.56. The normalized spacial score (nSPS) is 12.1. The number of carbonyl (C=O) groups excluding carboxylic acids is 2. The second kappa shape index (κ2) is 6.57. The zero-order chi connectivity index (χ0) is 17.1. The van der Waals surface area contributed by atoms with Crippen LogP contribution in [0.25, 0.3) is 11.0 Å². The highest BCUT2D eigenvalue weighted by Gasteiger charge is 2.16. The minimum Gasteiger partial charge on any atom is -0.469 e. The number of H-pyrrole nitrogens is 1. The molecule has 0 saturated carbocycles. The molecule has 0 aliphatic rings. The van der Waals surface area contributed by atoms with Crippen molar-refractivity contribution in [2.75, 3.05) is 6.54 Å². The molecule has 0 radical (unpaired) electrons. The van der Waals surface area contributed by atoms with Crippen LogP contribution in [-0.4, -0.2) is 28.3 Å². The van der Waals surface area contributed by atoms with Crippen molar-refractivity contribution in [1.82, 2.24) is 20.6 Å². The zero-order valence-corrected chi connectivity index (χ0v) is 13.4. The van der Waals surface area contributed by atoms with E-state index in [0.717, 1.165) is 11.0 Å². The van der Waals surface area contributed by atoms with Gasteiger partial charge < -0.3 is 20.0 Å². The smallest absolute Gasteiger partial charge is 0.255 e. The second-order valence-electron chi connectivity index (χ2n) is 5.50. The standard InChI is InChI=1S/C17H18N4O3/c1-10(16-20-13-5-3-4-6-14(13)21-16)19-15(22)9-18-17(23)12-7-8-24-11(12)2/h3-8,10H,9H2,1-2H3,(H,18,23)(H,19,22)(H,20,21). The van der Waals surface area contributed by atoms with Crippen LogP contribution in [0, 0.1) is 6.92 Å². The number of rotatable bonds is 5. The Morgan fingerprint density at radius 3 is 2.79 bits per heavy atom. The van der Waals surface area contributed by atoms with Crippen molar-refractivity contribution in [1.29, 1.82) is 0 Å². The molecule has 24 heavy (non-hydrogen) atoms. The van der Waals surface area contributed by atoms with Crippen LogP contribution in [0.15, 0.2) is 41.0 Å². The summed E-state index contributed by atoms with van der Waals surface area (Å²) < 4.78 is 5.07. The molecule has 0 aliphatic carbocycles. The Morgan fingerprint density at radius 1 is 1.29 bits per heavy atom. The number of aromatic nitrogens is 2. The van der Waals surface area contributed by atoms with E-state index >= 15 is 0 Å². The largest absolute Gasteiger partial charge is 0.469 e. The monoisotopic (exact) mass is 326 g/mol. The van der Waals surface area contributed by atoms with Crippen molar-refractivity contribution in [3.8, 4) is 0 Å². The third-order valence-electron chi connectivity index (χ3n) is 3.71. The number of amides is 2. The van der Waals surface area contributed by atoms with Crippen LogP contribution in [0.5, 0.6) is 0 Å². The second-order valence-corrected chi connectivity index (χ2v) is 5.50. The van der Waals surface area contributed by atoms with Crippen molar-refractivity contribution in [3.05, 3.63) is 53.7 Å². The number of aromatic amines is 1. The lowest BCUT2D eigenvalue weighted by Crippen LogP contribution is -2.38. The maximum absolute atomic E-state index is 12.0. The molecule has 7 heteroatoms. The van der Waals surface area contributed by atoms with E-state index in [1.54, 1.807) is 13.0 Å². The molecule has 2 aromatic heterocycles. The lowest BCUT2D eigenvalue weighted by atomic mass is 10.2. The molecule has 3 aromatic rings. The maximum atomic E-state index is 12.0. The summed E-state index contributed by atoms with van der Waals surface area (Å²) in [5.41, 5.74) is 2.18. The van der Waals surface area contributed by atoms with Crippen LogP contribution < -0.4 is 10.6 Å². The van der Waals surface area contributed by atoms with Crippen molar-refractivity contribution in [2.45, 2.75) is 19.9 Å². The molecule has 0 fully saturated rings. The van der Waals surface area contributed by atoms with Gasteiger partial charge in [0.25, 0.3) is 5.91 Å². The highest BCUT2D eigenvalue weighted by Crippen LogP contribution is 2.15. The molecule has 3 rings (SSSR count). The summed E-state index contributed by atoms with van der Waals surface area (Å²) in [5, 5.41) is 5.37. The highest BCUT2D eigenvalue weighted by atomic mass is 16.3. The number of fused-ring (bicyclic) bond motifs is 1. The molecule has 1 aromatic carbocycles. The third kappa shape index (κ3) is 3.29. The fourth-order valence-corrected chi connectivity index (χ4v) is 2.41. The van der Waals surface area contributed by atoms with Gasteiger partial charge in [0.1, 0.15) is 11.6 Å². The minimum atomic E-state index is -0.340. The molecule has 3 N–H and O–H groups in total. The topological polar surface area (TPSA) is 100 Å². The number of furan rings is 1. The summed E-state index contributed by atoms with van der Waals surface area (Å²) in [5.74, 6) is 0.551. The third-order valence-corrected chi connectivity index (χ3v) is 3.71. The molecule has 0 spiro atoms. The summed E-state index contributed by atoms with van der Waals surface area (Å²) >= 11 is 0. The van der Waals surface area contributed by atoms with Crippen LogP contribution in [0.2, 0.25) is 0 Å². The van der Waals surface area contributed by atoms with Gasteiger partial charge in [0, 0.05) is 0 Å². The molecule has 1 unspecified atom stereocenters. The molecule has 1 atom stereocenters. The van der Waals surface area contributed by atoms with Gasteiger partial charge in [0.2, 0.25) is 5.91 Å². The van der Waals surface area contributed by atoms with Crippen LogP contribution in [0.1, 0.15) is 34.9 Å². The number of para-hydroxylation sites is 2. The predicted octanol–water partition coefficient (Wildman–Crippen LogP) is 2.07. The number of carbonyl (C=O) groups is 2. The molecular formula is C17H18N4O3. The first-order valence-electron chi connectivity index (χ1n) is 7.61. The van der Waals surface area contributed by atoms with Gasteiger partial charge in [-0.1, -0.05) is 12.1 Å². The average Bonchev–Trinajstić information content (AvgIpc) is 3.18.